The zero-order chi connectivity index (χ0) is 20.7. The van der Waals surface area contributed by atoms with Gasteiger partial charge in [-0.05, 0) is 37.3 Å². The molecule has 2 aromatic carbocycles. The maximum Gasteiger partial charge on any atom is 0.330 e. The number of pyridine rings is 1. The Morgan fingerprint density at radius 2 is 1.79 bits per heavy atom. The van der Waals surface area contributed by atoms with E-state index in [4.69, 9.17) is 14.5 Å². The summed E-state index contributed by atoms with van der Waals surface area (Å²) in [5.41, 5.74) is 1.56. The molecule has 0 saturated heterocycles. The Labute approximate surface area is 166 Å². The third-order valence-corrected chi connectivity index (χ3v) is 5.03. The molecule has 0 aliphatic rings. The Morgan fingerprint density at radius 3 is 2.52 bits per heavy atom. The SMILES string of the molecule is CCOc1ccccc1-c1nc2ccc(OC)cc2c2c1c(=O)n(C)c(=O)n2C. The van der Waals surface area contributed by atoms with Gasteiger partial charge in [-0.2, -0.15) is 0 Å². The highest BCUT2D eigenvalue weighted by Crippen LogP contribution is 2.35. The van der Waals surface area contributed by atoms with Crippen LogP contribution in [0.5, 0.6) is 11.5 Å². The molecule has 0 N–H and O–H groups in total. The molecule has 0 atom stereocenters. The summed E-state index contributed by atoms with van der Waals surface area (Å²) >= 11 is 0. The summed E-state index contributed by atoms with van der Waals surface area (Å²) in [5.74, 6) is 1.25. The van der Waals surface area contributed by atoms with Crippen LogP contribution in [0.25, 0.3) is 33.1 Å². The van der Waals surface area contributed by atoms with Gasteiger partial charge >= 0.3 is 5.69 Å². The highest BCUT2D eigenvalue weighted by atomic mass is 16.5. The lowest BCUT2D eigenvalue weighted by molar-refractivity contribution is 0.341. The summed E-state index contributed by atoms with van der Waals surface area (Å²) < 4.78 is 13.7. The van der Waals surface area contributed by atoms with Crippen molar-refractivity contribution in [2.24, 2.45) is 14.1 Å². The quantitative estimate of drug-likeness (QED) is 0.500. The molecule has 148 valence electrons. The second kappa shape index (κ2) is 7.09. The summed E-state index contributed by atoms with van der Waals surface area (Å²) in [4.78, 5) is 30.7. The van der Waals surface area contributed by atoms with Crippen LogP contribution in [0.1, 0.15) is 6.92 Å². The van der Waals surface area contributed by atoms with Gasteiger partial charge in [0.2, 0.25) is 0 Å². The Hall–Kier alpha value is -3.61. The highest BCUT2D eigenvalue weighted by Gasteiger charge is 2.20. The van der Waals surface area contributed by atoms with Crippen LogP contribution < -0.4 is 20.7 Å². The van der Waals surface area contributed by atoms with Crippen LogP contribution in [0.3, 0.4) is 0 Å². The van der Waals surface area contributed by atoms with E-state index in [0.29, 0.717) is 51.2 Å². The molecule has 7 heteroatoms. The predicted octanol–water partition coefficient (Wildman–Crippen LogP) is 2.86. The zero-order valence-electron chi connectivity index (χ0n) is 16.7. The van der Waals surface area contributed by atoms with Gasteiger partial charge in [-0.25, -0.2) is 9.78 Å². The molecular formula is C22H21N3O4. The average molecular weight is 391 g/mol. The molecule has 2 aromatic heterocycles. The van der Waals surface area contributed by atoms with Crippen LogP contribution in [0.15, 0.2) is 52.1 Å². The summed E-state index contributed by atoms with van der Waals surface area (Å²) in [6.45, 7) is 2.38. The molecule has 0 spiro atoms. The summed E-state index contributed by atoms with van der Waals surface area (Å²) in [6.07, 6.45) is 0. The molecule has 0 radical (unpaired) electrons. The van der Waals surface area contributed by atoms with Crippen molar-refractivity contribution >= 4 is 21.8 Å². The molecular weight excluding hydrogens is 370 g/mol. The molecule has 0 aliphatic carbocycles. The van der Waals surface area contributed by atoms with Gasteiger partial charge in [-0.1, -0.05) is 12.1 Å². The predicted molar refractivity (Wildman–Crippen MR) is 113 cm³/mol. The molecule has 29 heavy (non-hydrogen) atoms. The van der Waals surface area contributed by atoms with Crippen molar-refractivity contribution in [3.63, 3.8) is 0 Å². The van der Waals surface area contributed by atoms with Crippen molar-refractivity contribution in [1.82, 2.24) is 14.1 Å². The molecule has 2 heterocycles. The maximum absolute atomic E-state index is 13.2. The fourth-order valence-electron chi connectivity index (χ4n) is 3.62. The second-order valence-corrected chi connectivity index (χ2v) is 6.70. The number of aromatic nitrogens is 3. The molecule has 0 aliphatic heterocycles. The molecule has 4 rings (SSSR count). The first-order chi connectivity index (χ1) is 14.0. The van der Waals surface area contributed by atoms with E-state index < -0.39 is 11.2 Å². The number of fused-ring (bicyclic) bond motifs is 3. The minimum atomic E-state index is -0.401. The topological polar surface area (TPSA) is 75.3 Å². The maximum atomic E-state index is 13.2. The van der Waals surface area contributed by atoms with Gasteiger partial charge in [-0.3, -0.25) is 13.9 Å². The molecule has 0 fully saturated rings. The number of nitrogens with zero attached hydrogens (tertiary/aromatic N) is 3. The summed E-state index contributed by atoms with van der Waals surface area (Å²) in [6, 6.07) is 12.9. The lowest BCUT2D eigenvalue weighted by Gasteiger charge is -2.16. The largest absolute Gasteiger partial charge is 0.497 e. The van der Waals surface area contributed by atoms with Gasteiger partial charge < -0.3 is 9.47 Å². The molecule has 0 saturated carbocycles. The smallest absolute Gasteiger partial charge is 0.330 e. The molecule has 7 nitrogen and oxygen atoms in total. The molecule has 0 unspecified atom stereocenters. The van der Waals surface area contributed by atoms with Crippen LogP contribution in [-0.4, -0.2) is 27.8 Å². The fraction of sp³-hybridized carbons (Fsp3) is 0.227. The van der Waals surface area contributed by atoms with Gasteiger partial charge in [0.1, 0.15) is 11.5 Å². The van der Waals surface area contributed by atoms with Crippen molar-refractivity contribution in [3.8, 4) is 22.8 Å². The van der Waals surface area contributed by atoms with E-state index >= 15 is 0 Å². The molecule has 4 aromatic rings. The Bertz CT molecular complexity index is 1370. The highest BCUT2D eigenvalue weighted by molar-refractivity contribution is 6.09. The normalized spacial score (nSPS) is 11.2. The first kappa shape index (κ1) is 18.7. The van der Waals surface area contributed by atoms with E-state index in [1.165, 1.54) is 11.6 Å². The number of methoxy groups -OCH3 is 1. The number of benzene rings is 2. The third kappa shape index (κ3) is 2.86. The van der Waals surface area contributed by atoms with Gasteiger partial charge in [0.05, 0.1) is 35.8 Å². The van der Waals surface area contributed by atoms with Crippen molar-refractivity contribution in [1.29, 1.82) is 0 Å². The van der Waals surface area contributed by atoms with Gasteiger partial charge in [0, 0.05) is 25.0 Å². The molecule has 0 amide bonds. The fourth-order valence-corrected chi connectivity index (χ4v) is 3.62. The third-order valence-electron chi connectivity index (χ3n) is 5.03. The first-order valence-corrected chi connectivity index (χ1v) is 9.27. The molecule has 0 bridgehead atoms. The van der Waals surface area contributed by atoms with E-state index in [9.17, 15) is 9.59 Å². The van der Waals surface area contributed by atoms with Crippen LogP contribution in [0.2, 0.25) is 0 Å². The number of para-hydroxylation sites is 1. The van der Waals surface area contributed by atoms with Crippen molar-refractivity contribution in [2.45, 2.75) is 6.92 Å². The monoisotopic (exact) mass is 391 g/mol. The van der Waals surface area contributed by atoms with Gasteiger partial charge in [0.15, 0.2) is 0 Å². The van der Waals surface area contributed by atoms with E-state index in [1.54, 1.807) is 26.3 Å². The van der Waals surface area contributed by atoms with E-state index in [0.717, 1.165) is 4.57 Å². The lowest BCUT2D eigenvalue weighted by Crippen LogP contribution is -2.37. The Kier molecular flexibility index (Phi) is 4.58. The minimum Gasteiger partial charge on any atom is -0.497 e. The number of hydrogen-bond donors (Lipinski definition) is 0. The van der Waals surface area contributed by atoms with Crippen molar-refractivity contribution in [3.05, 3.63) is 63.3 Å². The Morgan fingerprint density at radius 1 is 1.03 bits per heavy atom. The van der Waals surface area contributed by atoms with Crippen LogP contribution in [0, 0.1) is 0 Å². The van der Waals surface area contributed by atoms with Crippen molar-refractivity contribution in [2.75, 3.05) is 13.7 Å². The zero-order valence-corrected chi connectivity index (χ0v) is 16.7. The van der Waals surface area contributed by atoms with Crippen LogP contribution >= 0.6 is 0 Å². The first-order valence-electron chi connectivity index (χ1n) is 9.27. The number of hydrogen-bond acceptors (Lipinski definition) is 5. The van der Waals surface area contributed by atoms with E-state index in [1.807, 2.05) is 37.3 Å². The summed E-state index contributed by atoms with van der Waals surface area (Å²) in [7, 11) is 4.70. The average Bonchev–Trinajstić information content (AvgIpc) is 2.75. The minimum absolute atomic E-state index is 0.363. The lowest BCUT2D eigenvalue weighted by atomic mass is 10.0. The summed E-state index contributed by atoms with van der Waals surface area (Å²) in [5, 5.41) is 1.04. The van der Waals surface area contributed by atoms with Crippen molar-refractivity contribution < 1.29 is 9.47 Å². The van der Waals surface area contributed by atoms with Gasteiger partial charge in [0.25, 0.3) is 5.56 Å². The Balaban J connectivity index is 2.28. The number of aryl methyl sites for hydroxylation is 1. The van der Waals surface area contributed by atoms with E-state index in [2.05, 4.69) is 0 Å². The van der Waals surface area contributed by atoms with Crippen LogP contribution in [0.4, 0.5) is 0 Å². The van der Waals surface area contributed by atoms with Crippen LogP contribution in [-0.2, 0) is 14.1 Å². The van der Waals surface area contributed by atoms with E-state index in [-0.39, 0.29) is 0 Å². The standard InChI is InChI=1S/C22H21N3O4/c1-5-29-17-9-7-6-8-14(17)19-18-20(24(2)22(27)25(3)21(18)26)15-12-13(28-4)10-11-16(15)23-19/h6-12H,5H2,1-4H3. The second-order valence-electron chi connectivity index (χ2n) is 6.70. The van der Waals surface area contributed by atoms with Gasteiger partial charge in [-0.15, -0.1) is 0 Å². The number of rotatable bonds is 4. The number of ether oxygens (including phenoxy) is 2.